The fourth-order valence-electron chi connectivity index (χ4n) is 2.16. The molecule has 1 aliphatic rings. The number of hydrogen-bond acceptors (Lipinski definition) is 3. The van der Waals surface area contributed by atoms with Gasteiger partial charge in [-0.25, -0.2) is 0 Å². The van der Waals surface area contributed by atoms with Crippen molar-refractivity contribution in [3.63, 3.8) is 0 Å². The van der Waals surface area contributed by atoms with Crippen LogP contribution in [0.5, 0.6) is 0 Å². The molecule has 0 amide bonds. The molecule has 1 aliphatic heterocycles. The van der Waals surface area contributed by atoms with E-state index in [-0.39, 0.29) is 4.87 Å². The summed E-state index contributed by atoms with van der Waals surface area (Å²) in [5, 5.41) is 13.0. The number of nitrogens with one attached hydrogen (secondary N) is 1. The van der Waals surface area contributed by atoms with E-state index in [1.165, 1.54) is 0 Å². The molecule has 0 radical (unpaired) electrons. The molecule has 18 heavy (non-hydrogen) atoms. The first-order valence-corrected chi connectivity index (χ1v) is 7.24. The Morgan fingerprint density at radius 3 is 2.83 bits per heavy atom. The number of benzene rings is 1. The zero-order valence-corrected chi connectivity index (χ0v) is 11.7. The first-order chi connectivity index (χ1) is 8.48. The largest absolute Gasteiger partial charge is 0.480 e. The Morgan fingerprint density at radius 2 is 2.22 bits per heavy atom. The maximum Gasteiger partial charge on any atom is 0.320 e. The number of carboxylic acid groups (broad SMARTS) is 1. The van der Waals surface area contributed by atoms with Crippen molar-refractivity contribution in [3.8, 4) is 0 Å². The summed E-state index contributed by atoms with van der Waals surface area (Å²) in [6.45, 7) is 2.06. The average Bonchev–Trinajstić information content (AvgIpc) is 2.32. The molecule has 2 atom stereocenters. The number of hydrogen-bond donors (Lipinski definition) is 2. The molecule has 98 valence electrons. The third kappa shape index (κ3) is 3.40. The predicted octanol–water partition coefficient (Wildman–Crippen LogP) is 2.78. The van der Waals surface area contributed by atoms with Gasteiger partial charge in [0.25, 0.3) is 0 Å². The maximum absolute atomic E-state index is 11.1. The van der Waals surface area contributed by atoms with Crippen LogP contribution < -0.4 is 5.32 Å². The Labute approximate surface area is 116 Å². The smallest absolute Gasteiger partial charge is 0.320 e. The minimum atomic E-state index is -0.766. The third-order valence-electron chi connectivity index (χ3n) is 3.06. The van der Waals surface area contributed by atoms with E-state index in [9.17, 15) is 4.79 Å². The van der Waals surface area contributed by atoms with Crippen LogP contribution in [0.2, 0.25) is 5.02 Å². The molecule has 2 N–H and O–H groups in total. The third-order valence-corrected chi connectivity index (χ3v) is 4.65. The van der Waals surface area contributed by atoms with Crippen molar-refractivity contribution in [2.45, 2.75) is 30.7 Å². The predicted molar refractivity (Wildman–Crippen MR) is 75.2 cm³/mol. The van der Waals surface area contributed by atoms with E-state index in [2.05, 4.69) is 12.2 Å². The highest BCUT2D eigenvalue weighted by molar-refractivity contribution is 8.00. The minimum absolute atomic E-state index is 0.227. The topological polar surface area (TPSA) is 49.3 Å². The van der Waals surface area contributed by atoms with Crippen LogP contribution in [0.4, 0.5) is 0 Å². The second-order valence-corrected chi connectivity index (χ2v) is 6.74. The summed E-state index contributed by atoms with van der Waals surface area (Å²) in [5.74, 6) is 0.103. The van der Waals surface area contributed by atoms with Crippen LogP contribution in [0.1, 0.15) is 18.9 Å². The summed E-state index contributed by atoms with van der Waals surface area (Å²) in [7, 11) is 0. The summed E-state index contributed by atoms with van der Waals surface area (Å²) < 4.78 is 0. The van der Waals surface area contributed by atoms with Gasteiger partial charge in [-0.05, 0) is 43.2 Å². The molecule has 0 spiro atoms. The van der Waals surface area contributed by atoms with Crippen molar-refractivity contribution < 1.29 is 9.90 Å². The minimum Gasteiger partial charge on any atom is -0.480 e. The summed E-state index contributed by atoms with van der Waals surface area (Å²) in [6, 6.07) is 7.26. The van der Waals surface area contributed by atoms with Crippen molar-refractivity contribution in [1.82, 2.24) is 5.32 Å². The first-order valence-electron chi connectivity index (χ1n) is 5.87. The van der Waals surface area contributed by atoms with Gasteiger partial charge in [-0.1, -0.05) is 23.7 Å². The highest BCUT2D eigenvalue weighted by atomic mass is 35.5. The standard InChI is InChI=1S/C13H16ClNO2S/c1-13(8-9-2-4-10(14)5-3-9)15-11(12(16)17)6-7-18-13/h2-5,11,15H,6-8H2,1H3,(H,16,17). The van der Waals surface area contributed by atoms with E-state index in [4.69, 9.17) is 16.7 Å². The van der Waals surface area contributed by atoms with Gasteiger partial charge in [0.05, 0.1) is 4.87 Å². The van der Waals surface area contributed by atoms with Crippen LogP contribution in [0.3, 0.4) is 0 Å². The molecule has 0 aromatic heterocycles. The summed E-state index contributed by atoms with van der Waals surface area (Å²) in [6.07, 6.45) is 1.47. The van der Waals surface area contributed by atoms with Crippen molar-refractivity contribution in [3.05, 3.63) is 34.9 Å². The zero-order valence-electron chi connectivity index (χ0n) is 10.1. The van der Waals surface area contributed by atoms with Gasteiger partial charge in [0.1, 0.15) is 6.04 Å². The lowest BCUT2D eigenvalue weighted by Crippen LogP contribution is -2.54. The molecule has 1 aromatic rings. The van der Waals surface area contributed by atoms with E-state index < -0.39 is 12.0 Å². The number of thioether (sulfide) groups is 1. The van der Waals surface area contributed by atoms with E-state index in [0.717, 1.165) is 22.8 Å². The Morgan fingerprint density at radius 1 is 1.56 bits per heavy atom. The molecular formula is C13H16ClNO2S. The summed E-state index contributed by atoms with van der Waals surface area (Å²) in [5.41, 5.74) is 1.16. The van der Waals surface area contributed by atoms with Crippen LogP contribution in [0.15, 0.2) is 24.3 Å². The van der Waals surface area contributed by atoms with Crippen molar-refractivity contribution in [2.24, 2.45) is 0 Å². The van der Waals surface area contributed by atoms with Gasteiger partial charge >= 0.3 is 5.97 Å². The number of carboxylic acids is 1. The van der Waals surface area contributed by atoms with Crippen molar-refractivity contribution >= 4 is 29.3 Å². The van der Waals surface area contributed by atoms with E-state index in [1.807, 2.05) is 24.3 Å². The normalized spacial score (nSPS) is 28.0. The Kier molecular flexibility index (Phi) is 4.20. The van der Waals surface area contributed by atoms with Crippen molar-refractivity contribution in [2.75, 3.05) is 5.75 Å². The fraction of sp³-hybridized carbons (Fsp3) is 0.462. The van der Waals surface area contributed by atoms with E-state index >= 15 is 0 Å². The second-order valence-electron chi connectivity index (χ2n) is 4.71. The molecule has 1 aromatic carbocycles. The zero-order chi connectivity index (χ0) is 13.2. The highest BCUT2D eigenvalue weighted by Crippen LogP contribution is 2.32. The van der Waals surface area contributed by atoms with Crippen LogP contribution in [-0.4, -0.2) is 27.7 Å². The Balaban J connectivity index is 2.06. The molecule has 0 aliphatic carbocycles. The fourth-order valence-corrected chi connectivity index (χ4v) is 3.59. The molecule has 2 unspecified atom stereocenters. The quantitative estimate of drug-likeness (QED) is 0.897. The lowest BCUT2D eigenvalue weighted by atomic mass is 10.0. The number of halogens is 1. The van der Waals surface area contributed by atoms with Crippen molar-refractivity contribution in [1.29, 1.82) is 0 Å². The van der Waals surface area contributed by atoms with Crippen LogP contribution in [0, 0.1) is 0 Å². The van der Waals surface area contributed by atoms with Gasteiger partial charge in [-0.15, -0.1) is 11.8 Å². The number of aliphatic carboxylic acids is 1. The second kappa shape index (κ2) is 5.51. The van der Waals surface area contributed by atoms with Crippen LogP contribution in [0.25, 0.3) is 0 Å². The van der Waals surface area contributed by atoms with Gasteiger partial charge in [-0.2, -0.15) is 0 Å². The molecule has 1 saturated heterocycles. The van der Waals surface area contributed by atoms with Gasteiger partial charge in [0.2, 0.25) is 0 Å². The molecular weight excluding hydrogens is 270 g/mol. The van der Waals surface area contributed by atoms with Crippen LogP contribution >= 0.6 is 23.4 Å². The Hall–Kier alpha value is -0.710. The summed E-state index contributed by atoms with van der Waals surface area (Å²) in [4.78, 5) is 10.8. The molecule has 1 heterocycles. The molecule has 0 saturated carbocycles. The van der Waals surface area contributed by atoms with Crippen LogP contribution in [-0.2, 0) is 11.2 Å². The molecule has 1 fully saturated rings. The number of carbonyl (C=O) groups is 1. The van der Waals surface area contributed by atoms with E-state index in [0.29, 0.717) is 6.42 Å². The molecule has 2 rings (SSSR count). The number of rotatable bonds is 3. The maximum atomic E-state index is 11.1. The molecule has 5 heteroatoms. The lowest BCUT2D eigenvalue weighted by molar-refractivity contribution is -0.140. The summed E-state index contributed by atoms with van der Waals surface area (Å²) >= 11 is 7.63. The van der Waals surface area contributed by atoms with Gasteiger partial charge in [0.15, 0.2) is 0 Å². The van der Waals surface area contributed by atoms with Gasteiger partial charge in [-0.3, -0.25) is 10.1 Å². The highest BCUT2D eigenvalue weighted by Gasteiger charge is 2.35. The van der Waals surface area contributed by atoms with E-state index in [1.54, 1.807) is 11.8 Å². The lowest BCUT2D eigenvalue weighted by Gasteiger charge is -2.37. The molecule has 0 bridgehead atoms. The average molecular weight is 286 g/mol. The Bertz CT molecular complexity index is 437. The SMILES string of the molecule is CC1(Cc2ccc(Cl)cc2)NC(C(=O)O)CCS1. The monoisotopic (exact) mass is 285 g/mol. The van der Waals surface area contributed by atoms with Gasteiger partial charge in [0, 0.05) is 5.02 Å². The van der Waals surface area contributed by atoms with Gasteiger partial charge < -0.3 is 5.11 Å². The first kappa shape index (κ1) is 13.7. The molecule has 3 nitrogen and oxygen atoms in total.